The van der Waals surface area contributed by atoms with Crippen molar-refractivity contribution in [3.05, 3.63) is 41.7 Å². The largest absolute Gasteiger partial charge is 0.496 e. The van der Waals surface area contributed by atoms with E-state index < -0.39 is 5.97 Å². The number of nitrogens with zero attached hydrogens (tertiary/aromatic N) is 2. The highest BCUT2D eigenvalue weighted by molar-refractivity contribution is 5.91. The molecule has 2 rings (SSSR count). The number of benzene rings is 1. The number of carboxylic acid groups (broad SMARTS) is 1. The molecule has 6 heteroatoms. The molecule has 21 heavy (non-hydrogen) atoms. The van der Waals surface area contributed by atoms with E-state index in [2.05, 4.69) is 5.10 Å². The van der Waals surface area contributed by atoms with Crippen LogP contribution < -0.4 is 9.47 Å². The lowest BCUT2D eigenvalue weighted by Gasteiger charge is -2.08. The average Bonchev–Trinajstić information content (AvgIpc) is 2.94. The van der Waals surface area contributed by atoms with Crippen molar-refractivity contribution < 1.29 is 19.4 Å². The minimum Gasteiger partial charge on any atom is -0.496 e. The van der Waals surface area contributed by atoms with Gasteiger partial charge in [-0.2, -0.15) is 5.10 Å². The molecule has 0 aliphatic carbocycles. The van der Waals surface area contributed by atoms with Gasteiger partial charge in [-0.05, 0) is 31.5 Å². The van der Waals surface area contributed by atoms with Crippen molar-refractivity contribution in [1.29, 1.82) is 0 Å². The number of methoxy groups -OCH3 is 1. The summed E-state index contributed by atoms with van der Waals surface area (Å²) in [5.74, 6) is -0.0448. The van der Waals surface area contributed by atoms with Crippen molar-refractivity contribution in [2.45, 2.75) is 26.5 Å². The summed E-state index contributed by atoms with van der Waals surface area (Å²) in [5, 5.41) is 13.3. The van der Waals surface area contributed by atoms with Crippen LogP contribution >= 0.6 is 0 Å². The third-order valence-corrected chi connectivity index (χ3v) is 3.01. The Morgan fingerprint density at radius 3 is 2.76 bits per heavy atom. The Morgan fingerprint density at radius 2 is 2.19 bits per heavy atom. The molecule has 0 amide bonds. The number of carboxylic acids is 1. The highest BCUT2D eigenvalue weighted by Crippen LogP contribution is 2.21. The smallest absolute Gasteiger partial charge is 0.339 e. The van der Waals surface area contributed by atoms with Crippen molar-refractivity contribution >= 4 is 5.97 Å². The van der Waals surface area contributed by atoms with Crippen LogP contribution in [0.1, 0.15) is 35.8 Å². The molecule has 1 aromatic carbocycles. The number of aromatic carboxylic acids is 1. The number of hydrogen-bond acceptors (Lipinski definition) is 4. The zero-order valence-electron chi connectivity index (χ0n) is 12.2. The summed E-state index contributed by atoms with van der Waals surface area (Å²) in [4.78, 5) is 11.2. The monoisotopic (exact) mass is 290 g/mol. The number of carbonyl (C=O) groups is 1. The van der Waals surface area contributed by atoms with Crippen LogP contribution in [0.2, 0.25) is 0 Å². The third-order valence-electron chi connectivity index (χ3n) is 3.01. The van der Waals surface area contributed by atoms with Crippen molar-refractivity contribution in [2.24, 2.45) is 0 Å². The second-order valence-corrected chi connectivity index (χ2v) is 4.88. The maximum atomic E-state index is 11.2. The molecule has 1 aromatic heterocycles. The molecular weight excluding hydrogens is 272 g/mol. The average molecular weight is 290 g/mol. The van der Waals surface area contributed by atoms with Gasteiger partial charge in [-0.15, -0.1) is 0 Å². The lowest BCUT2D eigenvalue weighted by Crippen LogP contribution is -2.03. The fourth-order valence-electron chi connectivity index (χ4n) is 1.86. The molecule has 0 fully saturated rings. The Kier molecular flexibility index (Phi) is 4.47. The maximum Gasteiger partial charge on any atom is 0.339 e. The summed E-state index contributed by atoms with van der Waals surface area (Å²) >= 11 is 0. The van der Waals surface area contributed by atoms with Crippen molar-refractivity contribution in [1.82, 2.24) is 9.78 Å². The lowest BCUT2D eigenvalue weighted by molar-refractivity contribution is 0.0693. The second kappa shape index (κ2) is 6.30. The number of rotatable bonds is 6. The SMILES string of the molecule is COc1ccc(COc2cnn(C(C)C)c2)cc1C(=O)O. The van der Waals surface area contributed by atoms with Crippen molar-refractivity contribution in [3.63, 3.8) is 0 Å². The minimum absolute atomic E-state index is 0.122. The Morgan fingerprint density at radius 1 is 1.43 bits per heavy atom. The van der Waals surface area contributed by atoms with Crippen molar-refractivity contribution in [3.8, 4) is 11.5 Å². The molecule has 6 nitrogen and oxygen atoms in total. The van der Waals surface area contributed by atoms with Crippen LogP contribution in [0.3, 0.4) is 0 Å². The summed E-state index contributed by atoms with van der Waals surface area (Å²) in [5.41, 5.74) is 0.877. The normalized spacial score (nSPS) is 10.7. The molecule has 1 N–H and O–H groups in total. The topological polar surface area (TPSA) is 73.6 Å². The summed E-state index contributed by atoms with van der Waals surface area (Å²) in [6.07, 6.45) is 3.45. The fraction of sp³-hybridized carbons (Fsp3) is 0.333. The van der Waals surface area contributed by atoms with E-state index in [1.165, 1.54) is 7.11 Å². The van der Waals surface area contributed by atoms with Gasteiger partial charge in [0.15, 0.2) is 5.75 Å². The van der Waals surface area contributed by atoms with Crippen LogP contribution in [0.4, 0.5) is 0 Å². The molecule has 0 aliphatic rings. The molecule has 2 aromatic rings. The van der Waals surface area contributed by atoms with Crippen LogP contribution in [0.25, 0.3) is 0 Å². The summed E-state index contributed by atoms with van der Waals surface area (Å²) in [7, 11) is 1.44. The molecule has 112 valence electrons. The Balaban J connectivity index is 2.09. The van der Waals surface area contributed by atoms with Gasteiger partial charge < -0.3 is 14.6 Å². The Bertz CT molecular complexity index is 634. The number of ether oxygens (including phenoxy) is 2. The van der Waals surface area contributed by atoms with Gasteiger partial charge in [-0.1, -0.05) is 6.07 Å². The van der Waals surface area contributed by atoms with Gasteiger partial charge in [0.25, 0.3) is 0 Å². The number of hydrogen-bond donors (Lipinski definition) is 1. The molecule has 0 radical (unpaired) electrons. The number of aromatic nitrogens is 2. The highest BCUT2D eigenvalue weighted by atomic mass is 16.5. The summed E-state index contributed by atoms with van der Waals surface area (Å²) < 4.78 is 12.4. The zero-order valence-corrected chi connectivity index (χ0v) is 12.2. The van der Waals surface area contributed by atoms with Crippen LogP contribution in [-0.2, 0) is 6.61 Å². The van der Waals surface area contributed by atoms with E-state index in [1.54, 1.807) is 29.1 Å². The molecule has 0 saturated heterocycles. The minimum atomic E-state index is -1.03. The predicted octanol–water partition coefficient (Wildman–Crippen LogP) is 2.75. The Labute approximate surface area is 122 Å². The third kappa shape index (κ3) is 3.53. The first-order chi connectivity index (χ1) is 10.0. The maximum absolute atomic E-state index is 11.2. The van der Waals surface area contributed by atoms with E-state index in [0.717, 1.165) is 5.56 Å². The standard InChI is InChI=1S/C15H18N2O4/c1-10(2)17-8-12(7-16-17)21-9-11-4-5-14(20-3)13(6-11)15(18)19/h4-8,10H,9H2,1-3H3,(H,18,19). The lowest BCUT2D eigenvalue weighted by atomic mass is 10.1. The van der Waals surface area contributed by atoms with E-state index in [9.17, 15) is 4.79 Å². The van der Waals surface area contributed by atoms with Gasteiger partial charge in [0, 0.05) is 6.04 Å². The first-order valence-electron chi connectivity index (χ1n) is 6.58. The molecular formula is C15H18N2O4. The quantitative estimate of drug-likeness (QED) is 0.885. The van der Waals surface area contributed by atoms with Crippen molar-refractivity contribution in [2.75, 3.05) is 7.11 Å². The molecule has 0 saturated carbocycles. The fourth-order valence-corrected chi connectivity index (χ4v) is 1.86. The summed E-state index contributed by atoms with van der Waals surface area (Å²) in [6.45, 7) is 4.33. The van der Waals surface area contributed by atoms with Crippen LogP contribution in [-0.4, -0.2) is 28.0 Å². The van der Waals surface area contributed by atoms with E-state index in [0.29, 0.717) is 11.5 Å². The molecule has 0 aliphatic heterocycles. The molecule has 0 unspecified atom stereocenters. The van der Waals surface area contributed by atoms with E-state index in [1.807, 2.05) is 20.0 Å². The van der Waals surface area contributed by atoms with Gasteiger partial charge in [-0.25, -0.2) is 4.79 Å². The molecule has 0 spiro atoms. The van der Waals surface area contributed by atoms with Crippen LogP contribution in [0.5, 0.6) is 11.5 Å². The van der Waals surface area contributed by atoms with Gasteiger partial charge in [0.1, 0.15) is 17.9 Å². The van der Waals surface area contributed by atoms with Crippen LogP contribution in [0.15, 0.2) is 30.6 Å². The van der Waals surface area contributed by atoms with Gasteiger partial charge in [-0.3, -0.25) is 4.68 Å². The molecule has 1 heterocycles. The van der Waals surface area contributed by atoms with E-state index >= 15 is 0 Å². The van der Waals surface area contributed by atoms with E-state index in [-0.39, 0.29) is 18.2 Å². The predicted molar refractivity (Wildman–Crippen MR) is 76.9 cm³/mol. The molecule has 0 bridgehead atoms. The second-order valence-electron chi connectivity index (χ2n) is 4.88. The summed E-state index contributed by atoms with van der Waals surface area (Å²) in [6, 6.07) is 5.22. The van der Waals surface area contributed by atoms with E-state index in [4.69, 9.17) is 14.6 Å². The Hall–Kier alpha value is -2.50. The van der Waals surface area contributed by atoms with Gasteiger partial charge in [0.2, 0.25) is 0 Å². The first-order valence-corrected chi connectivity index (χ1v) is 6.58. The molecule has 0 atom stereocenters. The first kappa shape index (κ1) is 14.9. The zero-order chi connectivity index (χ0) is 15.4. The van der Waals surface area contributed by atoms with Crippen LogP contribution in [0, 0.1) is 0 Å². The van der Waals surface area contributed by atoms with Gasteiger partial charge in [0.05, 0.1) is 19.5 Å². The highest BCUT2D eigenvalue weighted by Gasteiger charge is 2.12. The van der Waals surface area contributed by atoms with Gasteiger partial charge >= 0.3 is 5.97 Å².